The lowest BCUT2D eigenvalue weighted by atomic mass is 10.1. The number of anilines is 1. The molecule has 2 aromatic rings. The normalized spacial score (nSPS) is 10.9. The van der Waals surface area contributed by atoms with Gasteiger partial charge in [-0.1, -0.05) is 12.1 Å². The van der Waals surface area contributed by atoms with E-state index in [0.717, 1.165) is 17.9 Å². The van der Waals surface area contributed by atoms with Crippen LogP contribution < -0.4 is 5.73 Å². The molecule has 0 bridgehead atoms. The van der Waals surface area contributed by atoms with E-state index in [2.05, 4.69) is 35.5 Å². The lowest BCUT2D eigenvalue weighted by Gasteiger charge is -2.11. The highest BCUT2D eigenvalue weighted by molar-refractivity contribution is 5.39. The number of nitrogen functional groups attached to an aromatic ring is 1. The summed E-state index contributed by atoms with van der Waals surface area (Å²) in [5.41, 5.74) is 7.70. The summed E-state index contributed by atoms with van der Waals surface area (Å²) in [5.74, 6) is 1.10. The molecule has 1 aromatic heterocycles. The van der Waals surface area contributed by atoms with Crippen LogP contribution in [-0.2, 0) is 6.42 Å². The van der Waals surface area contributed by atoms with Gasteiger partial charge in [-0.3, -0.25) is 0 Å². The van der Waals surface area contributed by atoms with Gasteiger partial charge in [-0.15, -0.1) is 0 Å². The first-order chi connectivity index (χ1) is 7.66. The minimum absolute atomic E-state index is 0.450. The number of nitrogens with two attached hydrogens (primary N) is 1. The van der Waals surface area contributed by atoms with Crippen LogP contribution in [0.15, 0.2) is 36.7 Å². The minimum Gasteiger partial charge on any atom is -0.399 e. The Morgan fingerprint density at radius 3 is 2.56 bits per heavy atom. The molecule has 3 nitrogen and oxygen atoms in total. The van der Waals surface area contributed by atoms with Gasteiger partial charge in [0.25, 0.3) is 0 Å². The third-order valence-corrected chi connectivity index (χ3v) is 2.65. The van der Waals surface area contributed by atoms with Gasteiger partial charge < -0.3 is 10.3 Å². The fourth-order valence-electron chi connectivity index (χ4n) is 1.77. The predicted molar refractivity (Wildman–Crippen MR) is 66.3 cm³/mol. The Labute approximate surface area is 95.9 Å². The first kappa shape index (κ1) is 10.7. The lowest BCUT2D eigenvalue weighted by molar-refractivity contribution is 0.574. The molecular weight excluding hydrogens is 198 g/mol. The molecule has 1 aromatic carbocycles. The largest absolute Gasteiger partial charge is 0.399 e. The molecule has 0 saturated heterocycles. The summed E-state index contributed by atoms with van der Waals surface area (Å²) in [6.07, 6.45) is 4.73. The van der Waals surface area contributed by atoms with Crippen LogP contribution in [0.25, 0.3) is 0 Å². The first-order valence-electron chi connectivity index (χ1n) is 5.53. The molecule has 1 heterocycles. The summed E-state index contributed by atoms with van der Waals surface area (Å²) in [5, 5.41) is 0. The van der Waals surface area contributed by atoms with Crippen LogP contribution in [-0.4, -0.2) is 9.55 Å². The molecule has 16 heavy (non-hydrogen) atoms. The first-order valence-corrected chi connectivity index (χ1v) is 5.53. The van der Waals surface area contributed by atoms with Crippen molar-refractivity contribution in [1.82, 2.24) is 9.55 Å². The van der Waals surface area contributed by atoms with E-state index < -0.39 is 0 Å². The summed E-state index contributed by atoms with van der Waals surface area (Å²) in [6.45, 7) is 4.32. The van der Waals surface area contributed by atoms with Crippen molar-refractivity contribution < 1.29 is 0 Å². The van der Waals surface area contributed by atoms with E-state index >= 15 is 0 Å². The quantitative estimate of drug-likeness (QED) is 0.800. The van der Waals surface area contributed by atoms with Gasteiger partial charge in [-0.25, -0.2) is 4.98 Å². The molecule has 2 N–H and O–H groups in total. The van der Waals surface area contributed by atoms with Gasteiger partial charge in [-0.2, -0.15) is 0 Å². The molecule has 0 fully saturated rings. The van der Waals surface area contributed by atoms with Crippen LogP contribution >= 0.6 is 0 Å². The molecule has 2 rings (SSSR count). The van der Waals surface area contributed by atoms with Crippen molar-refractivity contribution in [2.75, 3.05) is 5.73 Å². The Hall–Kier alpha value is -1.77. The maximum Gasteiger partial charge on any atom is 0.113 e. The molecule has 0 saturated carbocycles. The van der Waals surface area contributed by atoms with Crippen molar-refractivity contribution in [3.63, 3.8) is 0 Å². The Kier molecular flexibility index (Phi) is 2.95. The molecule has 0 unspecified atom stereocenters. The minimum atomic E-state index is 0.450. The maximum atomic E-state index is 5.66. The van der Waals surface area contributed by atoms with Crippen LogP contribution in [0.3, 0.4) is 0 Å². The number of imidazole rings is 1. The van der Waals surface area contributed by atoms with E-state index in [9.17, 15) is 0 Å². The summed E-state index contributed by atoms with van der Waals surface area (Å²) in [7, 11) is 0. The lowest BCUT2D eigenvalue weighted by Crippen LogP contribution is -2.06. The fourth-order valence-corrected chi connectivity index (χ4v) is 1.77. The molecule has 0 amide bonds. The molecule has 0 aliphatic heterocycles. The molecule has 0 spiro atoms. The second kappa shape index (κ2) is 4.39. The van der Waals surface area contributed by atoms with Crippen LogP contribution in [0.1, 0.15) is 31.3 Å². The van der Waals surface area contributed by atoms with E-state index in [1.54, 1.807) is 0 Å². The van der Waals surface area contributed by atoms with Crippen molar-refractivity contribution in [2.45, 2.75) is 26.3 Å². The molecule has 3 heteroatoms. The Morgan fingerprint density at radius 1 is 1.25 bits per heavy atom. The highest BCUT2D eigenvalue weighted by atomic mass is 15.1. The zero-order valence-electron chi connectivity index (χ0n) is 9.72. The predicted octanol–water partition coefficient (Wildman–Crippen LogP) is 2.64. The Bertz CT molecular complexity index is 454. The van der Waals surface area contributed by atoms with Gasteiger partial charge in [-0.05, 0) is 31.5 Å². The average molecular weight is 215 g/mol. The van der Waals surface area contributed by atoms with Gasteiger partial charge in [0.05, 0.1) is 0 Å². The van der Waals surface area contributed by atoms with Crippen molar-refractivity contribution in [3.8, 4) is 0 Å². The molecule has 0 aliphatic carbocycles. The topological polar surface area (TPSA) is 43.8 Å². The Balaban J connectivity index is 2.20. The standard InChI is InChI=1S/C13H17N3/c1-10(2)16-8-7-15-13(16)9-11-3-5-12(14)6-4-11/h3-8,10H,9,14H2,1-2H3. The highest BCUT2D eigenvalue weighted by Crippen LogP contribution is 2.13. The van der Waals surface area contributed by atoms with E-state index in [1.807, 2.05) is 24.5 Å². The monoisotopic (exact) mass is 215 g/mol. The Morgan fingerprint density at radius 2 is 1.94 bits per heavy atom. The summed E-state index contributed by atoms with van der Waals surface area (Å²) in [6, 6.07) is 8.41. The third kappa shape index (κ3) is 2.24. The number of aromatic nitrogens is 2. The van der Waals surface area contributed by atoms with Gasteiger partial charge in [0.15, 0.2) is 0 Å². The summed E-state index contributed by atoms with van der Waals surface area (Å²) in [4.78, 5) is 4.39. The van der Waals surface area contributed by atoms with Gasteiger partial charge in [0.2, 0.25) is 0 Å². The maximum absolute atomic E-state index is 5.66. The number of benzene rings is 1. The second-order valence-corrected chi connectivity index (χ2v) is 4.26. The van der Waals surface area contributed by atoms with Crippen molar-refractivity contribution in [3.05, 3.63) is 48.0 Å². The number of nitrogens with zero attached hydrogens (tertiary/aromatic N) is 2. The molecule has 84 valence electrons. The van der Waals surface area contributed by atoms with Gasteiger partial charge in [0, 0.05) is 30.5 Å². The van der Waals surface area contributed by atoms with Crippen LogP contribution in [0.2, 0.25) is 0 Å². The van der Waals surface area contributed by atoms with Crippen molar-refractivity contribution >= 4 is 5.69 Å². The highest BCUT2D eigenvalue weighted by Gasteiger charge is 2.06. The molecule has 0 radical (unpaired) electrons. The van der Waals surface area contributed by atoms with Gasteiger partial charge >= 0.3 is 0 Å². The van der Waals surface area contributed by atoms with E-state index in [4.69, 9.17) is 5.73 Å². The van der Waals surface area contributed by atoms with Gasteiger partial charge in [0.1, 0.15) is 5.82 Å². The molecular formula is C13H17N3. The average Bonchev–Trinajstić information content (AvgIpc) is 2.69. The van der Waals surface area contributed by atoms with Crippen molar-refractivity contribution in [2.24, 2.45) is 0 Å². The molecule has 0 atom stereocenters. The number of rotatable bonds is 3. The zero-order chi connectivity index (χ0) is 11.5. The van der Waals surface area contributed by atoms with Crippen LogP contribution in [0.4, 0.5) is 5.69 Å². The molecule has 0 aliphatic rings. The number of hydrogen-bond acceptors (Lipinski definition) is 2. The summed E-state index contributed by atoms with van der Waals surface area (Å²) >= 11 is 0. The SMILES string of the molecule is CC(C)n1ccnc1Cc1ccc(N)cc1. The second-order valence-electron chi connectivity index (χ2n) is 4.26. The van der Waals surface area contributed by atoms with Crippen molar-refractivity contribution in [1.29, 1.82) is 0 Å². The van der Waals surface area contributed by atoms with E-state index in [-0.39, 0.29) is 0 Å². The van der Waals surface area contributed by atoms with Crippen LogP contribution in [0.5, 0.6) is 0 Å². The van der Waals surface area contributed by atoms with E-state index in [0.29, 0.717) is 6.04 Å². The van der Waals surface area contributed by atoms with Crippen LogP contribution in [0, 0.1) is 0 Å². The third-order valence-electron chi connectivity index (χ3n) is 2.65. The van der Waals surface area contributed by atoms with E-state index in [1.165, 1.54) is 5.56 Å². The summed E-state index contributed by atoms with van der Waals surface area (Å²) < 4.78 is 2.19. The smallest absolute Gasteiger partial charge is 0.113 e. The number of hydrogen-bond donors (Lipinski definition) is 1. The zero-order valence-corrected chi connectivity index (χ0v) is 9.72. The fraction of sp³-hybridized carbons (Fsp3) is 0.308.